The van der Waals surface area contributed by atoms with Crippen LogP contribution in [0.3, 0.4) is 0 Å². The third-order valence-electron chi connectivity index (χ3n) is 4.45. The highest BCUT2D eigenvalue weighted by molar-refractivity contribution is 5.92. The number of hydrogen-bond acceptors (Lipinski definition) is 3. The Morgan fingerprint density at radius 2 is 1.81 bits per heavy atom. The average molecular weight is 351 g/mol. The monoisotopic (exact) mass is 351 g/mol. The summed E-state index contributed by atoms with van der Waals surface area (Å²) in [5.74, 6) is -0.199. The van der Waals surface area contributed by atoms with Crippen molar-refractivity contribution in [3.05, 3.63) is 74.3 Å². The van der Waals surface area contributed by atoms with Gasteiger partial charge in [-0.2, -0.15) is 0 Å². The number of para-hydroxylation sites is 1. The normalized spacial score (nSPS) is 10.8. The number of amides is 1. The van der Waals surface area contributed by atoms with Crippen molar-refractivity contribution in [2.45, 2.75) is 33.2 Å². The lowest BCUT2D eigenvalue weighted by Gasteiger charge is -2.13. The Morgan fingerprint density at radius 1 is 1.08 bits per heavy atom. The summed E-state index contributed by atoms with van der Waals surface area (Å²) >= 11 is 0. The second kappa shape index (κ2) is 7.39. The van der Waals surface area contributed by atoms with E-state index in [1.165, 1.54) is 4.68 Å². The van der Waals surface area contributed by atoms with Crippen LogP contribution < -0.4 is 16.4 Å². The molecular formula is C20H21N3O3. The number of aromatic amines is 1. The maximum atomic E-state index is 12.5. The van der Waals surface area contributed by atoms with Crippen LogP contribution in [0.4, 0.5) is 5.69 Å². The molecule has 1 heterocycles. The van der Waals surface area contributed by atoms with Gasteiger partial charge < -0.3 is 5.32 Å². The van der Waals surface area contributed by atoms with Gasteiger partial charge in [0.1, 0.15) is 0 Å². The lowest BCUT2D eigenvalue weighted by molar-refractivity contribution is -0.116. The third kappa shape index (κ3) is 3.44. The molecule has 0 saturated carbocycles. The van der Waals surface area contributed by atoms with Crippen LogP contribution in [0.5, 0.6) is 0 Å². The molecule has 0 aliphatic heterocycles. The molecule has 0 aliphatic rings. The first-order valence-electron chi connectivity index (χ1n) is 8.61. The van der Waals surface area contributed by atoms with Crippen molar-refractivity contribution < 1.29 is 4.79 Å². The third-order valence-corrected chi connectivity index (χ3v) is 4.45. The molecule has 0 saturated heterocycles. The molecule has 3 rings (SSSR count). The Balaban J connectivity index is 1.79. The van der Waals surface area contributed by atoms with E-state index in [1.54, 1.807) is 24.3 Å². The van der Waals surface area contributed by atoms with Gasteiger partial charge in [0.15, 0.2) is 0 Å². The van der Waals surface area contributed by atoms with Crippen LogP contribution in [0.1, 0.15) is 24.5 Å². The molecule has 6 nitrogen and oxygen atoms in total. The Kier molecular flexibility index (Phi) is 5.02. The van der Waals surface area contributed by atoms with Crippen LogP contribution in [0.15, 0.2) is 52.1 Å². The molecule has 134 valence electrons. The smallest absolute Gasteiger partial charge is 0.273 e. The molecular weight excluding hydrogens is 330 g/mol. The van der Waals surface area contributed by atoms with E-state index in [2.05, 4.69) is 10.4 Å². The molecule has 0 unspecified atom stereocenters. The fourth-order valence-electron chi connectivity index (χ4n) is 3.02. The maximum Gasteiger partial charge on any atom is 0.273 e. The summed E-state index contributed by atoms with van der Waals surface area (Å²) in [5.41, 5.74) is 2.23. The molecule has 0 bridgehead atoms. The lowest BCUT2D eigenvalue weighted by atomic mass is 10.1. The molecule has 0 radical (unpaired) electrons. The van der Waals surface area contributed by atoms with E-state index in [0.29, 0.717) is 10.8 Å². The summed E-state index contributed by atoms with van der Waals surface area (Å²) in [4.78, 5) is 36.9. The molecule has 0 fully saturated rings. The highest BCUT2D eigenvalue weighted by Gasteiger charge is 2.11. The Morgan fingerprint density at radius 3 is 2.54 bits per heavy atom. The summed E-state index contributed by atoms with van der Waals surface area (Å²) in [6.45, 7) is 4.09. The van der Waals surface area contributed by atoms with Crippen molar-refractivity contribution in [1.82, 2.24) is 9.78 Å². The van der Waals surface area contributed by atoms with Crippen LogP contribution in [-0.4, -0.2) is 15.7 Å². The summed E-state index contributed by atoms with van der Waals surface area (Å²) in [6, 6.07) is 12.5. The number of rotatable bonds is 5. The average Bonchev–Trinajstić information content (AvgIpc) is 2.65. The van der Waals surface area contributed by atoms with Gasteiger partial charge in [0.25, 0.3) is 11.1 Å². The van der Waals surface area contributed by atoms with Crippen molar-refractivity contribution in [2.24, 2.45) is 0 Å². The Bertz CT molecular complexity index is 1080. The van der Waals surface area contributed by atoms with Crippen molar-refractivity contribution in [2.75, 3.05) is 5.32 Å². The predicted octanol–water partition coefficient (Wildman–Crippen LogP) is 2.59. The van der Waals surface area contributed by atoms with Crippen LogP contribution >= 0.6 is 0 Å². The molecule has 2 aromatic carbocycles. The van der Waals surface area contributed by atoms with Crippen molar-refractivity contribution in [3.63, 3.8) is 0 Å². The van der Waals surface area contributed by atoms with Gasteiger partial charge in [-0.1, -0.05) is 37.3 Å². The topological polar surface area (TPSA) is 84.0 Å². The van der Waals surface area contributed by atoms with Gasteiger partial charge in [-0.05, 0) is 36.6 Å². The van der Waals surface area contributed by atoms with Gasteiger partial charge in [-0.15, -0.1) is 0 Å². The van der Waals surface area contributed by atoms with E-state index in [4.69, 9.17) is 0 Å². The number of H-pyrrole nitrogens is 1. The van der Waals surface area contributed by atoms with Gasteiger partial charge >= 0.3 is 0 Å². The molecule has 0 spiro atoms. The number of aryl methyl sites for hydroxylation is 3. The van der Waals surface area contributed by atoms with Crippen molar-refractivity contribution in [3.8, 4) is 0 Å². The second-order valence-corrected chi connectivity index (χ2v) is 6.20. The number of nitrogens with zero attached hydrogens (tertiary/aromatic N) is 1. The van der Waals surface area contributed by atoms with Gasteiger partial charge in [-0.25, -0.2) is 4.68 Å². The van der Waals surface area contributed by atoms with E-state index >= 15 is 0 Å². The quantitative estimate of drug-likeness (QED) is 0.741. The van der Waals surface area contributed by atoms with Crippen molar-refractivity contribution in [1.29, 1.82) is 0 Å². The number of hydrogen-bond donors (Lipinski definition) is 2. The Labute approximate surface area is 150 Å². The molecule has 0 atom stereocenters. The molecule has 0 aliphatic carbocycles. The van der Waals surface area contributed by atoms with Crippen LogP contribution in [0, 0.1) is 6.92 Å². The minimum atomic E-state index is -0.340. The van der Waals surface area contributed by atoms with Crippen LogP contribution in [0.25, 0.3) is 10.8 Å². The number of fused-ring (bicyclic) bond motifs is 1. The summed E-state index contributed by atoms with van der Waals surface area (Å²) in [7, 11) is 0. The first-order chi connectivity index (χ1) is 12.5. The number of benzene rings is 2. The zero-order chi connectivity index (χ0) is 18.7. The zero-order valence-electron chi connectivity index (χ0n) is 14.8. The highest BCUT2D eigenvalue weighted by atomic mass is 16.2. The predicted molar refractivity (Wildman–Crippen MR) is 103 cm³/mol. The molecule has 26 heavy (non-hydrogen) atoms. The molecule has 3 aromatic rings. The standard InChI is InChI=1S/C20H21N3O3/c1-3-14-8-6-7-13(2)18(14)21-17(24)11-12-23-20(26)16-10-5-4-9-15(16)19(25)22-23/h4-10H,3,11-12H2,1-2H3,(H,21,24)(H,22,25). The second-order valence-electron chi connectivity index (χ2n) is 6.20. The number of carbonyl (C=O) groups is 1. The van der Waals surface area contributed by atoms with E-state index in [9.17, 15) is 14.4 Å². The molecule has 2 N–H and O–H groups in total. The minimum absolute atomic E-state index is 0.0890. The molecule has 6 heteroatoms. The lowest BCUT2D eigenvalue weighted by Crippen LogP contribution is -2.31. The van der Waals surface area contributed by atoms with E-state index < -0.39 is 0 Å². The highest BCUT2D eigenvalue weighted by Crippen LogP contribution is 2.21. The summed E-state index contributed by atoms with van der Waals surface area (Å²) < 4.78 is 1.20. The fourth-order valence-corrected chi connectivity index (χ4v) is 3.02. The van der Waals surface area contributed by atoms with Gasteiger partial charge in [0, 0.05) is 12.1 Å². The van der Waals surface area contributed by atoms with Gasteiger partial charge in [0.2, 0.25) is 5.91 Å². The van der Waals surface area contributed by atoms with Crippen LogP contribution in [-0.2, 0) is 17.8 Å². The first-order valence-corrected chi connectivity index (χ1v) is 8.61. The van der Waals surface area contributed by atoms with E-state index in [0.717, 1.165) is 23.2 Å². The first kappa shape index (κ1) is 17.7. The van der Waals surface area contributed by atoms with Crippen molar-refractivity contribution >= 4 is 22.4 Å². The largest absolute Gasteiger partial charge is 0.326 e. The SMILES string of the molecule is CCc1cccc(C)c1NC(=O)CCn1[nH]c(=O)c2ccccc2c1=O. The van der Waals surface area contributed by atoms with E-state index in [1.807, 2.05) is 32.0 Å². The zero-order valence-corrected chi connectivity index (χ0v) is 14.8. The molecule has 1 amide bonds. The summed E-state index contributed by atoms with van der Waals surface area (Å²) in [6.07, 6.45) is 0.903. The maximum absolute atomic E-state index is 12.5. The van der Waals surface area contributed by atoms with Gasteiger partial charge in [-0.3, -0.25) is 19.5 Å². The fraction of sp³-hybridized carbons (Fsp3) is 0.250. The molecule has 1 aromatic heterocycles. The number of aromatic nitrogens is 2. The number of carbonyl (C=O) groups excluding carboxylic acids is 1. The Hall–Kier alpha value is -3.15. The van der Waals surface area contributed by atoms with Crippen LogP contribution in [0.2, 0.25) is 0 Å². The number of anilines is 1. The number of nitrogens with one attached hydrogen (secondary N) is 2. The van der Waals surface area contributed by atoms with E-state index in [-0.39, 0.29) is 30.0 Å². The summed E-state index contributed by atoms with van der Waals surface area (Å²) in [5, 5.41) is 6.17. The minimum Gasteiger partial charge on any atom is -0.326 e. The van der Waals surface area contributed by atoms with Gasteiger partial charge in [0.05, 0.1) is 17.3 Å².